The minimum atomic E-state index is -0.171. The molecule has 0 saturated heterocycles. The van der Waals surface area contributed by atoms with Crippen LogP contribution in [0.3, 0.4) is 0 Å². The van der Waals surface area contributed by atoms with E-state index in [0.29, 0.717) is 11.4 Å². The van der Waals surface area contributed by atoms with Gasteiger partial charge in [0, 0.05) is 5.69 Å². The third-order valence-corrected chi connectivity index (χ3v) is 3.06. The smallest absolute Gasteiger partial charge is 0.228 e. The average molecular weight is 270 g/mol. The molecule has 0 atom stereocenters. The average Bonchev–Trinajstić information content (AvgIpc) is 2.38. The van der Waals surface area contributed by atoms with Crippen molar-refractivity contribution in [1.29, 1.82) is 0 Å². The first-order valence-electron chi connectivity index (χ1n) is 6.40. The molecule has 2 aromatic carbocycles. The molecule has 0 spiro atoms. The molecule has 0 aliphatic carbocycles. The number of amides is 1. The molecule has 20 heavy (non-hydrogen) atoms. The van der Waals surface area contributed by atoms with Gasteiger partial charge < -0.3 is 16.2 Å². The maximum absolute atomic E-state index is 12.0. The lowest BCUT2D eigenvalue weighted by Gasteiger charge is -2.10. The van der Waals surface area contributed by atoms with Crippen LogP contribution < -0.4 is 11.1 Å². The first-order chi connectivity index (χ1) is 9.45. The Bertz CT molecular complexity index is 634. The molecule has 0 bridgehead atoms. The first kappa shape index (κ1) is 13.9. The highest BCUT2D eigenvalue weighted by Crippen LogP contribution is 2.28. The number of rotatable bonds is 3. The fourth-order valence-corrected chi connectivity index (χ4v) is 2.07. The molecule has 0 fully saturated rings. The summed E-state index contributed by atoms with van der Waals surface area (Å²) >= 11 is 0. The van der Waals surface area contributed by atoms with Crippen molar-refractivity contribution in [2.45, 2.75) is 20.3 Å². The zero-order chi connectivity index (χ0) is 14.7. The predicted octanol–water partition coefficient (Wildman–Crippen LogP) is 2.77. The molecule has 0 aliphatic rings. The fourth-order valence-electron chi connectivity index (χ4n) is 2.07. The van der Waals surface area contributed by atoms with Crippen LogP contribution in [0, 0.1) is 13.8 Å². The van der Waals surface area contributed by atoms with Gasteiger partial charge >= 0.3 is 0 Å². The van der Waals surface area contributed by atoms with Crippen LogP contribution in [-0.2, 0) is 11.2 Å². The summed E-state index contributed by atoms with van der Waals surface area (Å²) in [6.07, 6.45) is 0.243. The van der Waals surface area contributed by atoms with E-state index >= 15 is 0 Å². The van der Waals surface area contributed by atoms with E-state index in [2.05, 4.69) is 5.32 Å². The molecule has 0 heterocycles. The summed E-state index contributed by atoms with van der Waals surface area (Å²) in [6.45, 7) is 3.72. The molecular formula is C16H18N2O2. The van der Waals surface area contributed by atoms with E-state index in [-0.39, 0.29) is 18.1 Å². The minimum absolute atomic E-state index is 0.112. The number of nitrogen functional groups attached to an aromatic ring is 1. The number of phenols is 1. The van der Waals surface area contributed by atoms with Crippen molar-refractivity contribution in [2.24, 2.45) is 0 Å². The monoisotopic (exact) mass is 270 g/mol. The first-order valence-corrected chi connectivity index (χ1v) is 6.40. The number of nitrogens with two attached hydrogens (primary N) is 1. The molecule has 0 aromatic heterocycles. The maximum atomic E-state index is 12.0. The maximum Gasteiger partial charge on any atom is 0.228 e. The number of carbonyl (C=O) groups is 1. The highest BCUT2D eigenvalue weighted by atomic mass is 16.3. The Hall–Kier alpha value is -2.49. The second-order valence-electron chi connectivity index (χ2n) is 4.94. The Kier molecular flexibility index (Phi) is 3.94. The highest BCUT2D eigenvalue weighted by Gasteiger charge is 2.10. The molecule has 0 unspecified atom stereocenters. The van der Waals surface area contributed by atoms with E-state index in [1.54, 1.807) is 25.1 Å². The fraction of sp³-hybridized carbons (Fsp3) is 0.188. The Morgan fingerprint density at radius 3 is 2.50 bits per heavy atom. The van der Waals surface area contributed by atoms with Crippen LogP contribution >= 0.6 is 0 Å². The summed E-state index contributed by atoms with van der Waals surface area (Å²) < 4.78 is 0. The molecule has 2 rings (SSSR count). The van der Waals surface area contributed by atoms with E-state index in [0.717, 1.165) is 16.7 Å². The topological polar surface area (TPSA) is 75.3 Å². The lowest BCUT2D eigenvalue weighted by molar-refractivity contribution is -0.115. The predicted molar refractivity (Wildman–Crippen MR) is 80.8 cm³/mol. The summed E-state index contributed by atoms with van der Waals surface area (Å²) in [5, 5.41) is 12.7. The third kappa shape index (κ3) is 3.29. The Balaban J connectivity index is 2.10. The molecule has 0 aliphatic heterocycles. The van der Waals surface area contributed by atoms with Gasteiger partial charge in [-0.1, -0.05) is 18.2 Å². The second-order valence-corrected chi connectivity index (χ2v) is 4.94. The second kappa shape index (κ2) is 5.65. The van der Waals surface area contributed by atoms with E-state index < -0.39 is 0 Å². The zero-order valence-corrected chi connectivity index (χ0v) is 11.6. The molecule has 0 saturated carbocycles. The van der Waals surface area contributed by atoms with Crippen LogP contribution in [0.25, 0.3) is 0 Å². The number of carbonyl (C=O) groups excluding carboxylic acids is 1. The van der Waals surface area contributed by atoms with E-state index in [1.807, 2.05) is 25.1 Å². The van der Waals surface area contributed by atoms with Gasteiger partial charge in [-0.05, 0) is 48.7 Å². The normalized spacial score (nSPS) is 10.3. The number of benzene rings is 2. The lowest BCUT2D eigenvalue weighted by atomic mass is 10.1. The van der Waals surface area contributed by atoms with Crippen molar-refractivity contribution in [3.05, 3.63) is 53.1 Å². The quantitative estimate of drug-likeness (QED) is 0.593. The van der Waals surface area contributed by atoms with Crippen molar-refractivity contribution < 1.29 is 9.90 Å². The number of aromatic hydroxyl groups is 1. The number of phenolic OH excluding ortho intramolecular Hbond substituents is 1. The molecule has 1 amide bonds. The van der Waals surface area contributed by atoms with Gasteiger partial charge in [0.25, 0.3) is 0 Å². The van der Waals surface area contributed by atoms with Crippen molar-refractivity contribution in [1.82, 2.24) is 0 Å². The Labute approximate surface area is 118 Å². The molecule has 4 heteroatoms. The number of nitrogens with one attached hydrogen (secondary N) is 1. The molecule has 2 aromatic rings. The summed E-state index contributed by atoms with van der Waals surface area (Å²) in [5.41, 5.74) is 9.32. The van der Waals surface area contributed by atoms with Crippen LogP contribution in [0.15, 0.2) is 36.4 Å². The summed E-state index contributed by atoms with van der Waals surface area (Å²) in [4.78, 5) is 12.0. The van der Waals surface area contributed by atoms with Gasteiger partial charge in [0.2, 0.25) is 5.91 Å². The van der Waals surface area contributed by atoms with Crippen molar-refractivity contribution in [3.8, 4) is 5.75 Å². The molecule has 4 N–H and O–H groups in total. The number of anilines is 2. The van der Waals surface area contributed by atoms with Crippen molar-refractivity contribution in [3.63, 3.8) is 0 Å². The summed E-state index contributed by atoms with van der Waals surface area (Å²) in [5.74, 6) is -0.0590. The van der Waals surface area contributed by atoms with Gasteiger partial charge in [0.05, 0.1) is 12.1 Å². The Morgan fingerprint density at radius 1 is 1.20 bits per heavy atom. The standard InChI is InChI=1S/C16H18N2O2/c1-10-7-11(2)16(20)14(8-10)18-15(19)9-12-3-5-13(17)6-4-12/h3-8,20H,9,17H2,1-2H3,(H,18,19). The molecule has 4 nitrogen and oxygen atoms in total. The van der Waals surface area contributed by atoms with Crippen LogP contribution in [0.4, 0.5) is 11.4 Å². The van der Waals surface area contributed by atoms with Crippen LogP contribution in [-0.4, -0.2) is 11.0 Å². The summed E-state index contributed by atoms with van der Waals surface area (Å²) in [6, 6.07) is 10.8. The number of hydrogen-bond donors (Lipinski definition) is 3. The van der Waals surface area contributed by atoms with Gasteiger partial charge in [-0.2, -0.15) is 0 Å². The van der Waals surface area contributed by atoms with Crippen molar-refractivity contribution >= 4 is 17.3 Å². The van der Waals surface area contributed by atoms with Gasteiger partial charge in [-0.15, -0.1) is 0 Å². The van der Waals surface area contributed by atoms with Crippen molar-refractivity contribution in [2.75, 3.05) is 11.1 Å². The van der Waals surface area contributed by atoms with Crippen LogP contribution in [0.2, 0.25) is 0 Å². The van der Waals surface area contributed by atoms with E-state index in [1.165, 1.54) is 0 Å². The molecular weight excluding hydrogens is 252 g/mol. The van der Waals surface area contributed by atoms with Gasteiger partial charge in [0.15, 0.2) is 0 Å². The van der Waals surface area contributed by atoms with Gasteiger partial charge in [0.1, 0.15) is 5.75 Å². The van der Waals surface area contributed by atoms with Crippen LogP contribution in [0.5, 0.6) is 5.75 Å². The number of aryl methyl sites for hydroxylation is 2. The minimum Gasteiger partial charge on any atom is -0.505 e. The van der Waals surface area contributed by atoms with E-state index in [4.69, 9.17) is 5.73 Å². The lowest BCUT2D eigenvalue weighted by Crippen LogP contribution is -2.14. The Morgan fingerprint density at radius 2 is 1.85 bits per heavy atom. The van der Waals surface area contributed by atoms with E-state index in [9.17, 15) is 9.90 Å². The summed E-state index contributed by atoms with van der Waals surface area (Å²) in [7, 11) is 0. The van der Waals surface area contributed by atoms with Gasteiger partial charge in [-0.3, -0.25) is 4.79 Å². The molecule has 104 valence electrons. The largest absolute Gasteiger partial charge is 0.505 e. The zero-order valence-electron chi connectivity index (χ0n) is 11.6. The number of hydrogen-bond acceptors (Lipinski definition) is 3. The van der Waals surface area contributed by atoms with Crippen LogP contribution in [0.1, 0.15) is 16.7 Å². The molecule has 0 radical (unpaired) electrons. The van der Waals surface area contributed by atoms with Gasteiger partial charge in [-0.25, -0.2) is 0 Å². The third-order valence-electron chi connectivity index (χ3n) is 3.06. The SMILES string of the molecule is Cc1cc(C)c(O)c(NC(=O)Cc2ccc(N)cc2)c1. The highest BCUT2D eigenvalue weighted by molar-refractivity contribution is 5.94.